The highest BCUT2D eigenvalue weighted by Crippen LogP contribution is 2.21. The monoisotopic (exact) mass is 271 g/mol. The molecule has 6 heteroatoms. The van der Waals surface area contributed by atoms with Gasteiger partial charge in [-0.3, -0.25) is 4.98 Å². The second-order valence-corrected chi connectivity index (χ2v) is 5.28. The Kier molecular flexibility index (Phi) is 3.43. The minimum atomic E-state index is 0.103. The predicted octanol–water partition coefficient (Wildman–Crippen LogP) is 2.33. The number of pyridine rings is 1. The summed E-state index contributed by atoms with van der Waals surface area (Å²) in [6.07, 6.45) is 7.09. The van der Waals surface area contributed by atoms with Gasteiger partial charge in [0.15, 0.2) is 0 Å². The minimum Gasteiger partial charge on any atom is -0.301 e. The predicted molar refractivity (Wildman–Crippen MR) is 74.7 cm³/mol. The lowest BCUT2D eigenvalue weighted by Gasteiger charge is -2.10. The van der Waals surface area contributed by atoms with E-state index in [9.17, 15) is 0 Å². The third-order valence-electron chi connectivity index (χ3n) is 2.77. The molecule has 3 heterocycles. The average Bonchev–Trinajstić information content (AvgIpc) is 2.88. The standard InChI is InChI=1S/C13H13N5S/c1-9(13-15-4-2-5-16-13)17-8-12-18-10-7-14-6-3-11(10)19-12/h2-7,9,17H,8H2,1H3. The number of nitrogens with zero attached hydrogens (tertiary/aromatic N) is 4. The fourth-order valence-electron chi connectivity index (χ4n) is 1.77. The summed E-state index contributed by atoms with van der Waals surface area (Å²) in [6.45, 7) is 2.75. The quantitative estimate of drug-likeness (QED) is 0.789. The van der Waals surface area contributed by atoms with Gasteiger partial charge in [-0.2, -0.15) is 0 Å². The maximum absolute atomic E-state index is 4.53. The van der Waals surface area contributed by atoms with Gasteiger partial charge in [-0.05, 0) is 19.1 Å². The molecule has 1 unspecified atom stereocenters. The molecule has 5 nitrogen and oxygen atoms in total. The normalized spacial score (nSPS) is 12.7. The van der Waals surface area contributed by atoms with E-state index in [-0.39, 0.29) is 6.04 Å². The molecular formula is C13H13N5S. The van der Waals surface area contributed by atoms with Crippen LogP contribution in [0.3, 0.4) is 0 Å². The van der Waals surface area contributed by atoms with Crippen LogP contribution in [0, 0.1) is 0 Å². The summed E-state index contributed by atoms with van der Waals surface area (Å²) < 4.78 is 1.16. The topological polar surface area (TPSA) is 63.6 Å². The Morgan fingerprint density at radius 2 is 2.11 bits per heavy atom. The fourth-order valence-corrected chi connectivity index (χ4v) is 2.65. The first-order chi connectivity index (χ1) is 9.33. The average molecular weight is 271 g/mol. The molecule has 1 atom stereocenters. The summed E-state index contributed by atoms with van der Waals surface area (Å²) >= 11 is 1.68. The highest BCUT2D eigenvalue weighted by atomic mass is 32.1. The second-order valence-electron chi connectivity index (χ2n) is 4.16. The van der Waals surface area contributed by atoms with E-state index in [1.807, 2.05) is 19.1 Å². The second kappa shape index (κ2) is 5.38. The highest BCUT2D eigenvalue weighted by molar-refractivity contribution is 7.18. The summed E-state index contributed by atoms with van der Waals surface area (Å²) in [5, 5.41) is 4.43. The van der Waals surface area contributed by atoms with Gasteiger partial charge in [0, 0.05) is 25.1 Å². The summed E-state index contributed by atoms with van der Waals surface area (Å²) in [4.78, 5) is 17.1. The Morgan fingerprint density at radius 3 is 2.89 bits per heavy atom. The number of rotatable bonds is 4. The molecule has 0 fully saturated rings. The first kappa shape index (κ1) is 12.1. The van der Waals surface area contributed by atoms with Crippen molar-refractivity contribution in [3.63, 3.8) is 0 Å². The molecule has 0 amide bonds. The van der Waals surface area contributed by atoms with Crippen LogP contribution in [0.5, 0.6) is 0 Å². The lowest BCUT2D eigenvalue weighted by atomic mass is 10.3. The molecule has 1 N–H and O–H groups in total. The third kappa shape index (κ3) is 2.74. The first-order valence-electron chi connectivity index (χ1n) is 6.02. The lowest BCUT2D eigenvalue weighted by Crippen LogP contribution is -2.19. The summed E-state index contributed by atoms with van der Waals surface area (Å²) in [5.41, 5.74) is 0.952. The van der Waals surface area contributed by atoms with Gasteiger partial charge in [0.05, 0.1) is 22.5 Å². The van der Waals surface area contributed by atoms with Gasteiger partial charge in [0.1, 0.15) is 10.8 Å². The van der Waals surface area contributed by atoms with E-state index in [0.29, 0.717) is 6.54 Å². The van der Waals surface area contributed by atoms with Crippen LogP contribution < -0.4 is 5.32 Å². The zero-order valence-corrected chi connectivity index (χ0v) is 11.3. The molecule has 0 radical (unpaired) electrons. The van der Waals surface area contributed by atoms with Crippen LogP contribution in [0.25, 0.3) is 10.2 Å². The fraction of sp³-hybridized carbons (Fsp3) is 0.231. The SMILES string of the molecule is CC(NCc1nc2cnccc2s1)c1ncccn1. The van der Waals surface area contributed by atoms with Gasteiger partial charge in [-0.25, -0.2) is 15.0 Å². The van der Waals surface area contributed by atoms with Crippen molar-refractivity contribution in [1.29, 1.82) is 0 Å². The van der Waals surface area contributed by atoms with E-state index in [4.69, 9.17) is 0 Å². The smallest absolute Gasteiger partial charge is 0.144 e. The molecular weight excluding hydrogens is 258 g/mol. The molecule has 0 saturated heterocycles. The van der Waals surface area contributed by atoms with Crippen molar-refractivity contribution in [1.82, 2.24) is 25.3 Å². The first-order valence-corrected chi connectivity index (χ1v) is 6.84. The molecule has 0 saturated carbocycles. The molecule has 0 spiro atoms. The number of hydrogen-bond acceptors (Lipinski definition) is 6. The van der Waals surface area contributed by atoms with Crippen molar-refractivity contribution < 1.29 is 0 Å². The van der Waals surface area contributed by atoms with Gasteiger partial charge < -0.3 is 5.32 Å². The van der Waals surface area contributed by atoms with Crippen molar-refractivity contribution >= 4 is 21.6 Å². The number of aromatic nitrogens is 4. The van der Waals surface area contributed by atoms with Crippen LogP contribution in [0.4, 0.5) is 0 Å². The Morgan fingerprint density at radius 1 is 1.26 bits per heavy atom. The minimum absolute atomic E-state index is 0.103. The van der Waals surface area contributed by atoms with Crippen LogP contribution in [0.15, 0.2) is 36.9 Å². The van der Waals surface area contributed by atoms with Crippen LogP contribution >= 0.6 is 11.3 Å². The number of thiazole rings is 1. The van der Waals surface area contributed by atoms with Crippen LogP contribution in [0.2, 0.25) is 0 Å². The van der Waals surface area contributed by atoms with Crippen molar-refractivity contribution in [2.75, 3.05) is 0 Å². The van der Waals surface area contributed by atoms with Gasteiger partial charge >= 0.3 is 0 Å². The molecule has 3 rings (SSSR count). The lowest BCUT2D eigenvalue weighted by molar-refractivity contribution is 0.545. The number of hydrogen-bond donors (Lipinski definition) is 1. The van der Waals surface area contributed by atoms with E-state index in [0.717, 1.165) is 21.0 Å². The van der Waals surface area contributed by atoms with E-state index >= 15 is 0 Å². The maximum Gasteiger partial charge on any atom is 0.144 e. The molecule has 0 aliphatic carbocycles. The van der Waals surface area contributed by atoms with Gasteiger partial charge in [0.25, 0.3) is 0 Å². The zero-order chi connectivity index (χ0) is 13.1. The van der Waals surface area contributed by atoms with E-state index in [1.165, 1.54) is 0 Å². The molecule has 96 valence electrons. The molecule has 0 bridgehead atoms. The maximum atomic E-state index is 4.53. The van der Waals surface area contributed by atoms with E-state index < -0.39 is 0 Å². The Balaban J connectivity index is 1.69. The summed E-state index contributed by atoms with van der Waals surface area (Å²) in [5.74, 6) is 0.797. The molecule has 3 aromatic heterocycles. The Hall–Kier alpha value is -1.92. The van der Waals surface area contributed by atoms with Crippen LogP contribution in [-0.4, -0.2) is 19.9 Å². The highest BCUT2D eigenvalue weighted by Gasteiger charge is 2.09. The van der Waals surface area contributed by atoms with Crippen LogP contribution in [-0.2, 0) is 6.54 Å². The van der Waals surface area contributed by atoms with Crippen molar-refractivity contribution in [3.05, 3.63) is 47.8 Å². The van der Waals surface area contributed by atoms with Crippen molar-refractivity contribution in [2.24, 2.45) is 0 Å². The van der Waals surface area contributed by atoms with E-state index in [1.54, 1.807) is 36.1 Å². The summed E-state index contributed by atoms with van der Waals surface area (Å²) in [7, 11) is 0. The zero-order valence-electron chi connectivity index (χ0n) is 10.4. The molecule has 0 aliphatic heterocycles. The van der Waals surface area contributed by atoms with Gasteiger partial charge in [-0.1, -0.05) is 0 Å². The largest absolute Gasteiger partial charge is 0.301 e. The van der Waals surface area contributed by atoms with Gasteiger partial charge in [-0.15, -0.1) is 11.3 Å². The number of nitrogens with one attached hydrogen (secondary N) is 1. The van der Waals surface area contributed by atoms with Crippen molar-refractivity contribution in [3.8, 4) is 0 Å². The molecule has 0 aliphatic rings. The molecule has 0 aromatic carbocycles. The third-order valence-corrected chi connectivity index (χ3v) is 3.80. The van der Waals surface area contributed by atoms with Crippen molar-refractivity contribution in [2.45, 2.75) is 19.5 Å². The summed E-state index contributed by atoms with van der Waals surface area (Å²) in [6, 6.07) is 3.91. The van der Waals surface area contributed by atoms with Crippen LogP contribution in [0.1, 0.15) is 23.8 Å². The number of fused-ring (bicyclic) bond motifs is 1. The Labute approximate surface area is 114 Å². The Bertz CT molecular complexity index is 634. The molecule has 19 heavy (non-hydrogen) atoms. The van der Waals surface area contributed by atoms with E-state index in [2.05, 4.69) is 25.3 Å². The molecule has 3 aromatic rings. The van der Waals surface area contributed by atoms with Gasteiger partial charge in [0.2, 0.25) is 0 Å².